The van der Waals surface area contributed by atoms with Gasteiger partial charge in [0.2, 0.25) is 11.8 Å². The summed E-state index contributed by atoms with van der Waals surface area (Å²) in [6, 6.07) is 13.3. The minimum absolute atomic E-state index is 0.0516. The van der Waals surface area contributed by atoms with Gasteiger partial charge in [-0.25, -0.2) is 0 Å². The number of carbonyl (C=O) groups excluding carboxylic acids is 2. The molecule has 2 N–H and O–H groups in total. The van der Waals surface area contributed by atoms with E-state index in [9.17, 15) is 19.7 Å². The van der Waals surface area contributed by atoms with Crippen LogP contribution in [0.2, 0.25) is 0 Å². The van der Waals surface area contributed by atoms with Crippen LogP contribution in [-0.4, -0.2) is 40.8 Å². The lowest BCUT2D eigenvalue weighted by atomic mass is 10.1. The Kier molecular flexibility index (Phi) is 8.18. The van der Waals surface area contributed by atoms with Crippen LogP contribution in [0.25, 0.3) is 6.08 Å². The van der Waals surface area contributed by atoms with Gasteiger partial charge in [-0.2, -0.15) is 0 Å². The molecule has 0 heterocycles. The van der Waals surface area contributed by atoms with Gasteiger partial charge in [0.25, 0.3) is 5.69 Å². The fourth-order valence-electron chi connectivity index (χ4n) is 2.46. The maximum Gasteiger partial charge on any atom is 0.270 e. The summed E-state index contributed by atoms with van der Waals surface area (Å²) in [4.78, 5) is 35.5. The Morgan fingerprint density at radius 3 is 2.50 bits per heavy atom. The van der Waals surface area contributed by atoms with E-state index in [1.807, 2.05) is 24.3 Å². The molecule has 2 rings (SSSR count). The molecule has 8 nitrogen and oxygen atoms in total. The Balaban J connectivity index is 1.84. The number of rotatable bonds is 7. The summed E-state index contributed by atoms with van der Waals surface area (Å²) < 4.78 is 0. The molecule has 0 saturated carbocycles. The summed E-state index contributed by atoms with van der Waals surface area (Å²) in [5, 5.41) is 16.3. The van der Waals surface area contributed by atoms with E-state index in [1.54, 1.807) is 31.1 Å². The van der Waals surface area contributed by atoms with Crippen molar-refractivity contribution < 1.29 is 14.5 Å². The van der Waals surface area contributed by atoms with Crippen molar-refractivity contribution in [2.24, 2.45) is 0 Å². The first-order chi connectivity index (χ1) is 14.2. The maximum atomic E-state index is 12.0. The fourth-order valence-corrected chi connectivity index (χ4v) is 2.68. The average Bonchev–Trinajstić information content (AvgIpc) is 2.71. The van der Waals surface area contributed by atoms with Crippen molar-refractivity contribution >= 4 is 46.6 Å². The van der Waals surface area contributed by atoms with Gasteiger partial charge in [-0.05, 0) is 48.0 Å². The molecule has 2 aromatic carbocycles. The van der Waals surface area contributed by atoms with E-state index >= 15 is 0 Å². The molecule has 0 radical (unpaired) electrons. The number of hydrogen-bond donors (Lipinski definition) is 2. The van der Waals surface area contributed by atoms with Gasteiger partial charge in [0.05, 0.1) is 4.92 Å². The van der Waals surface area contributed by atoms with E-state index in [-0.39, 0.29) is 16.7 Å². The lowest BCUT2D eigenvalue weighted by Crippen LogP contribution is -2.32. The molecular weight excluding hydrogens is 404 g/mol. The molecule has 0 aromatic heterocycles. The fraction of sp³-hybridized carbons (Fsp3) is 0.190. The minimum Gasteiger partial charge on any atom is -0.349 e. The third kappa shape index (κ3) is 7.44. The van der Waals surface area contributed by atoms with Gasteiger partial charge in [0, 0.05) is 44.4 Å². The number of benzene rings is 2. The second kappa shape index (κ2) is 10.8. The largest absolute Gasteiger partial charge is 0.349 e. The second-order valence-electron chi connectivity index (χ2n) is 6.61. The van der Waals surface area contributed by atoms with Gasteiger partial charge in [-0.1, -0.05) is 24.3 Å². The van der Waals surface area contributed by atoms with E-state index < -0.39 is 10.8 Å². The van der Waals surface area contributed by atoms with Crippen LogP contribution < -0.4 is 10.6 Å². The zero-order valence-electron chi connectivity index (χ0n) is 16.6. The summed E-state index contributed by atoms with van der Waals surface area (Å²) in [6.07, 6.45) is 3.79. The molecule has 2 aromatic rings. The van der Waals surface area contributed by atoms with Crippen LogP contribution in [0.3, 0.4) is 0 Å². The highest BCUT2D eigenvalue weighted by Crippen LogP contribution is 2.14. The number of thiocarbonyl (C=S) groups is 1. The van der Waals surface area contributed by atoms with Crippen LogP contribution in [0.1, 0.15) is 17.5 Å². The van der Waals surface area contributed by atoms with Gasteiger partial charge in [-0.3, -0.25) is 25.0 Å². The Labute approximate surface area is 179 Å². The smallest absolute Gasteiger partial charge is 0.270 e. The molecule has 0 aliphatic heterocycles. The Morgan fingerprint density at radius 2 is 1.87 bits per heavy atom. The van der Waals surface area contributed by atoms with Crippen LogP contribution in [0, 0.1) is 10.1 Å². The maximum absolute atomic E-state index is 12.0. The molecule has 0 bridgehead atoms. The van der Waals surface area contributed by atoms with Crippen LogP contribution in [0.15, 0.2) is 54.6 Å². The average molecular weight is 426 g/mol. The third-order valence-electron chi connectivity index (χ3n) is 4.08. The third-order valence-corrected chi connectivity index (χ3v) is 4.29. The van der Waals surface area contributed by atoms with Crippen molar-refractivity contribution in [2.75, 3.05) is 19.4 Å². The zero-order valence-corrected chi connectivity index (χ0v) is 17.4. The van der Waals surface area contributed by atoms with Crippen molar-refractivity contribution in [3.63, 3.8) is 0 Å². The number of anilines is 1. The number of hydrogen-bond acceptors (Lipinski definition) is 5. The molecule has 2 amide bonds. The molecule has 0 unspecified atom stereocenters. The molecule has 156 valence electrons. The predicted octanol–water partition coefficient (Wildman–Crippen LogP) is 3.14. The number of carbonyl (C=O) groups is 2. The van der Waals surface area contributed by atoms with Gasteiger partial charge in [0.1, 0.15) is 0 Å². The monoisotopic (exact) mass is 426 g/mol. The Morgan fingerprint density at radius 1 is 1.17 bits per heavy atom. The number of nitro groups is 1. The molecule has 0 atom stereocenters. The SMILES string of the molecule is CN(C)C(=O)CCc1ccc(NC(=S)NC(=O)/C=C/c2cccc([N+](=O)[O-])c2)cc1. The predicted molar refractivity (Wildman–Crippen MR) is 120 cm³/mol. The number of nitrogens with one attached hydrogen (secondary N) is 2. The quantitative estimate of drug-likeness (QED) is 0.305. The number of amides is 2. The first-order valence-electron chi connectivity index (χ1n) is 9.08. The Hall–Kier alpha value is -3.59. The van der Waals surface area contributed by atoms with Gasteiger partial charge < -0.3 is 10.2 Å². The number of non-ortho nitro benzene ring substituents is 1. The molecule has 0 spiro atoms. The number of nitrogens with zero attached hydrogens (tertiary/aromatic N) is 2. The first-order valence-corrected chi connectivity index (χ1v) is 9.49. The van der Waals surface area contributed by atoms with Crippen molar-refractivity contribution in [3.8, 4) is 0 Å². The molecular formula is C21H22N4O4S. The van der Waals surface area contributed by atoms with Crippen LogP contribution >= 0.6 is 12.2 Å². The summed E-state index contributed by atoms with van der Waals surface area (Å²) in [5.41, 5.74) is 2.20. The lowest BCUT2D eigenvalue weighted by molar-refractivity contribution is -0.384. The van der Waals surface area contributed by atoms with E-state index in [1.165, 1.54) is 24.3 Å². The highest BCUT2D eigenvalue weighted by atomic mass is 32.1. The number of aryl methyl sites for hydroxylation is 1. The van der Waals surface area contributed by atoms with Crippen molar-refractivity contribution in [2.45, 2.75) is 12.8 Å². The summed E-state index contributed by atoms with van der Waals surface area (Å²) in [5.74, 6) is -0.392. The molecule has 0 aliphatic carbocycles. The summed E-state index contributed by atoms with van der Waals surface area (Å²) in [7, 11) is 3.45. The van der Waals surface area contributed by atoms with Gasteiger partial charge in [-0.15, -0.1) is 0 Å². The highest BCUT2D eigenvalue weighted by Gasteiger charge is 2.06. The van der Waals surface area contributed by atoms with Crippen molar-refractivity contribution in [3.05, 3.63) is 75.8 Å². The molecule has 0 fully saturated rings. The zero-order chi connectivity index (χ0) is 22.1. The van der Waals surface area contributed by atoms with Crippen LogP contribution in [-0.2, 0) is 16.0 Å². The topological polar surface area (TPSA) is 105 Å². The summed E-state index contributed by atoms with van der Waals surface area (Å²) >= 11 is 5.13. The minimum atomic E-state index is -0.498. The summed E-state index contributed by atoms with van der Waals surface area (Å²) in [6.45, 7) is 0. The van der Waals surface area contributed by atoms with Gasteiger partial charge >= 0.3 is 0 Å². The first kappa shape index (κ1) is 22.7. The van der Waals surface area contributed by atoms with E-state index in [2.05, 4.69) is 10.6 Å². The molecule has 0 saturated heterocycles. The molecule has 30 heavy (non-hydrogen) atoms. The molecule has 0 aliphatic rings. The van der Waals surface area contributed by atoms with Gasteiger partial charge in [0.15, 0.2) is 5.11 Å². The molecule has 9 heteroatoms. The number of nitro benzene ring substituents is 1. The van der Waals surface area contributed by atoms with Crippen molar-refractivity contribution in [1.82, 2.24) is 10.2 Å². The Bertz CT molecular complexity index is 971. The standard InChI is InChI=1S/C21H22N4O4S/c1-24(2)20(27)13-9-15-6-10-17(11-7-15)22-21(30)23-19(26)12-8-16-4-3-5-18(14-16)25(28)29/h3-8,10-12,14H,9,13H2,1-2H3,(H2,22,23,26,30)/b12-8+. The van der Waals surface area contributed by atoms with Crippen LogP contribution in [0.4, 0.5) is 11.4 Å². The normalized spacial score (nSPS) is 10.5. The van der Waals surface area contributed by atoms with Crippen molar-refractivity contribution in [1.29, 1.82) is 0 Å². The lowest BCUT2D eigenvalue weighted by Gasteiger charge is -2.11. The van der Waals surface area contributed by atoms with E-state index in [4.69, 9.17) is 12.2 Å². The van der Waals surface area contributed by atoms with Crippen LogP contribution in [0.5, 0.6) is 0 Å². The second-order valence-corrected chi connectivity index (χ2v) is 7.02. The van der Waals surface area contributed by atoms with E-state index in [0.717, 1.165) is 5.56 Å². The highest BCUT2D eigenvalue weighted by molar-refractivity contribution is 7.80. The van der Waals surface area contributed by atoms with E-state index in [0.29, 0.717) is 24.1 Å².